The van der Waals surface area contributed by atoms with Gasteiger partial charge < -0.3 is 14.2 Å². The van der Waals surface area contributed by atoms with Gasteiger partial charge in [-0.05, 0) is 108 Å². The van der Waals surface area contributed by atoms with E-state index in [-0.39, 0.29) is 6.04 Å². The van der Waals surface area contributed by atoms with Gasteiger partial charge in [0.2, 0.25) is 5.90 Å². The Balaban J connectivity index is 1.27. The number of methoxy groups -OCH3 is 2. The summed E-state index contributed by atoms with van der Waals surface area (Å²) in [6, 6.07) is 41.8. The molecule has 0 aromatic heterocycles. The quantitative estimate of drug-likeness (QED) is 0.193. The molecule has 44 heavy (non-hydrogen) atoms. The zero-order chi connectivity index (χ0) is 29.9. The van der Waals surface area contributed by atoms with E-state index in [4.69, 9.17) is 19.2 Å². The lowest BCUT2D eigenvalue weighted by molar-refractivity contribution is 0.319. The molecule has 0 amide bonds. The maximum absolute atomic E-state index is 6.27. The van der Waals surface area contributed by atoms with Crippen molar-refractivity contribution in [2.24, 2.45) is 4.99 Å². The van der Waals surface area contributed by atoms with Crippen LogP contribution in [-0.4, -0.2) is 26.7 Å². The van der Waals surface area contributed by atoms with Crippen LogP contribution in [0.5, 0.6) is 11.5 Å². The van der Waals surface area contributed by atoms with Gasteiger partial charge in [0.15, 0.2) is 0 Å². The van der Waals surface area contributed by atoms with Crippen LogP contribution in [0.25, 0.3) is 0 Å². The Hall–Kier alpha value is -4.40. The zero-order valence-corrected chi connectivity index (χ0v) is 26.1. The Kier molecular flexibility index (Phi) is 8.18. The molecule has 10 rings (SSSR count). The summed E-state index contributed by atoms with van der Waals surface area (Å²) in [5.74, 6) is 2.52. The average Bonchev–Trinajstić information content (AvgIpc) is 3.58. The molecule has 5 aliphatic rings. The van der Waals surface area contributed by atoms with Gasteiger partial charge in [0.25, 0.3) is 0 Å². The second kappa shape index (κ2) is 12.7. The van der Waals surface area contributed by atoms with Gasteiger partial charge in [-0.25, -0.2) is 4.99 Å². The molecule has 5 aromatic rings. The van der Waals surface area contributed by atoms with Gasteiger partial charge in [0, 0.05) is 5.56 Å². The van der Waals surface area contributed by atoms with E-state index in [0.717, 1.165) is 48.6 Å². The van der Waals surface area contributed by atoms with Crippen LogP contribution < -0.4 is 25.4 Å². The fourth-order valence-corrected chi connectivity index (χ4v) is 8.71. The van der Waals surface area contributed by atoms with Crippen LogP contribution in [0.4, 0.5) is 0 Å². The lowest BCUT2D eigenvalue weighted by Gasteiger charge is -2.24. The summed E-state index contributed by atoms with van der Waals surface area (Å²) in [4.78, 5) is 5.07. The van der Waals surface area contributed by atoms with Gasteiger partial charge in [-0.3, -0.25) is 0 Å². The topological polar surface area (TPSA) is 40.0 Å². The summed E-state index contributed by atoms with van der Waals surface area (Å²) >= 11 is 0. The maximum Gasteiger partial charge on any atom is 0.217 e. The van der Waals surface area contributed by atoms with Crippen molar-refractivity contribution in [1.82, 2.24) is 0 Å². The van der Waals surface area contributed by atoms with Gasteiger partial charge in [0.1, 0.15) is 24.1 Å². The van der Waals surface area contributed by atoms with Gasteiger partial charge in [0.05, 0.1) is 14.2 Å². The number of aliphatic imine (C=N–C) groups is 1. The number of rotatable bonds is 7. The predicted octanol–water partition coefficient (Wildman–Crippen LogP) is 6.86. The van der Waals surface area contributed by atoms with Gasteiger partial charge in [-0.15, -0.1) is 0 Å². The van der Waals surface area contributed by atoms with E-state index < -0.39 is 7.92 Å². The fourth-order valence-electron chi connectivity index (χ4n) is 6.20. The summed E-state index contributed by atoms with van der Waals surface area (Å²) in [5, 5.41) is 4.03. The Morgan fingerprint density at radius 2 is 1.23 bits per heavy atom. The fraction of sp³-hybridized carbons (Fsp3) is 0.205. The molecule has 0 N–H and O–H groups in total. The Morgan fingerprint density at radius 3 is 1.86 bits per heavy atom. The van der Waals surface area contributed by atoms with E-state index in [1.54, 1.807) is 14.2 Å². The Labute approximate surface area is 261 Å². The number of hydrogen-bond donors (Lipinski definition) is 0. The first-order valence-corrected chi connectivity index (χ1v) is 16.6. The van der Waals surface area contributed by atoms with E-state index in [0.29, 0.717) is 6.61 Å². The molecule has 0 radical (unpaired) electrons. The highest BCUT2D eigenvalue weighted by Gasteiger charge is 2.25. The third-order valence-corrected chi connectivity index (χ3v) is 11.2. The number of aryl methyl sites for hydroxylation is 4. The normalized spacial score (nSPS) is 15.8. The van der Waals surface area contributed by atoms with Crippen LogP contribution in [0.3, 0.4) is 0 Å². The third-order valence-electron chi connectivity index (χ3n) is 8.66. The molecule has 1 atom stereocenters. The molecule has 1 heterocycles. The molecule has 0 fully saturated rings. The van der Waals surface area contributed by atoms with Crippen molar-refractivity contribution < 1.29 is 14.2 Å². The van der Waals surface area contributed by atoms with Gasteiger partial charge >= 0.3 is 0 Å². The Bertz CT molecular complexity index is 1730. The first-order valence-electron chi connectivity index (χ1n) is 15.3. The SMILES string of the molecule is COc1ccc(P(c2ccc(OC)cc2)c2cc3ccc2CCc2ccc(cc2C2=NC(c4ccccc4)CO2)CC3)cc1. The summed E-state index contributed by atoms with van der Waals surface area (Å²) in [6.45, 7) is 0.585. The van der Waals surface area contributed by atoms with Crippen molar-refractivity contribution >= 4 is 29.7 Å². The lowest BCUT2D eigenvalue weighted by Crippen LogP contribution is -2.24. The highest BCUT2D eigenvalue weighted by molar-refractivity contribution is 7.79. The zero-order valence-electron chi connectivity index (χ0n) is 25.2. The van der Waals surface area contributed by atoms with Crippen LogP contribution >= 0.6 is 7.92 Å². The van der Waals surface area contributed by atoms with Crippen LogP contribution in [0.2, 0.25) is 0 Å². The Morgan fingerprint density at radius 1 is 0.636 bits per heavy atom. The molecule has 220 valence electrons. The van der Waals surface area contributed by atoms with Crippen molar-refractivity contribution in [1.29, 1.82) is 0 Å². The molecule has 5 heteroatoms. The minimum atomic E-state index is -0.798. The predicted molar refractivity (Wildman–Crippen MR) is 181 cm³/mol. The van der Waals surface area contributed by atoms with E-state index in [1.807, 2.05) is 6.07 Å². The van der Waals surface area contributed by atoms with Crippen LogP contribution in [-0.2, 0) is 30.4 Å². The second-order valence-corrected chi connectivity index (χ2v) is 13.5. The first-order chi connectivity index (χ1) is 21.7. The molecule has 5 aromatic carbocycles. The molecular weight excluding hydrogens is 561 g/mol. The van der Waals surface area contributed by atoms with Crippen molar-refractivity contribution in [2.45, 2.75) is 31.7 Å². The smallest absolute Gasteiger partial charge is 0.217 e. The number of benzene rings is 5. The molecular formula is C39H36NO3P. The molecule has 0 saturated carbocycles. The van der Waals surface area contributed by atoms with E-state index in [1.165, 1.54) is 43.7 Å². The largest absolute Gasteiger partial charge is 0.497 e. The molecule has 1 aliphatic heterocycles. The molecule has 0 saturated heterocycles. The lowest BCUT2D eigenvalue weighted by atomic mass is 9.93. The van der Waals surface area contributed by atoms with E-state index in [9.17, 15) is 0 Å². The number of hydrogen-bond acceptors (Lipinski definition) is 4. The van der Waals surface area contributed by atoms with Gasteiger partial charge in [-0.1, -0.05) is 84.9 Å². The maximum atomic E-state index is 6.27. The van der Waals surface area contributed by atoms with Crippen LogP contribution in [0.15, 0.2) is 120 Å². The van der Waals surface area contributed by atoms with Gasteiger partial charge in [-0.2, -0.15) is 0 Å². The van der Waals surface area contributed by atoms with Crippen molar-refractivity contribution in [2.75, 3.05) is 20.8 Å². The van der Waals surface area contributed by atoms with Crippen LogP contribution in [0.1, 0.15) is 39.4 Å². The van der Waals surface area contributed by atoms with Crippen LogP contribution in [0, 0.1) is 0 Å². The minimum absolute atomic E-state index is 0.0394. The minimum Gasteiger partial charge on any atom is -0.497 e. The molecule has 4 bridgehead atoms. The standard InChI is InChI=1S/C39H36NO3P/c1-41-32-16-20-34(21-17-32)44(35-22-18-33(42-2)19-23-35)38-25-28-9-8-27-10-12-29(14-15-31(38)13-11-28)36(24-27)39-40-37(26-43-39)30-6-4-3-5-7-30/h3-7,10-13,16-25,37H,8-9,14-15,26H2,1-2H3. The monoisotopic (exact) mass is 597 g/mol. The molecule has 4 aliphatic carbocycles. The molecule has 1 unspecified atom stereocenters. The second-order valence-electron chi connectivity index (χ2n) is 11.4. The number of ether oxygens (including phenoxy) is 3. The van der Waals surface area contributed by atoms with Crippen molar-refractivity contribution in [3.8, 4) is 11.5 Å². The van der Waals surface area contributed by atoms with E-state index >= 15 is 0 Å². The summed E-state index contributed by atoms with van der Waals surface area (Å²) in [6.07, 6.45) is 3.78. The highest BCUT2D eigenvalue weighted by Crippen LogP contribution is 2.37. The number of nitrogens with zero attached hydrogens (tertiary/aromatic N) is 1. The first kappa shape index (κ1) is 28.4. The summed E-state index contributed by atoms with van der Waals surface area (Å²) in [7, 11) is 2.64. The average molecular weight is 598 g/mol. The summed E-state index contributed by atoms with van der Waals surface area (Å²) in [5.41, 5.74) is 7.70. The molecule has 4 nitrogen and oxygen atoms in total. The van der Waals surface area contributed by atoms with Crippen molar-refractivity contribution in [3.05, 3.63) is 149 Å². The molecule has 0 spiro atoms. The van der Waals surface area contributed by atoms with Crippen molar-refractivity contribution in [3.63, 3.8) is 0 Å². The summed E-state index contributed by atoms with van der Waals surface area (Å²) < 4.78 is 17.3. The highest BCUT2D eigenvalue weighted by atomic mass is 31.1. The third kappa shape index (κ3) is 5.87. The van der Waals surface area contributed by atoms with E-state index in [2.05, 4.69) is 109 Å².